The molecule has 0 unspecified atom stereocenters. The van der Waals surface area contributed by atoms with Crippen LogP contribution in [0.15, 0.2) is 24.3 Å². The van der Waals surface area contributed by atoms with Gasteiger partial charge in [-0.25, -0.2) is 0 Å². The number of nitrogens with one attached hydrogen (secondary N) is 1. The van der Waals surface area contributed by atoms with Gasteiger partial charge in [-0.2, -0.15) is 4.68 Å². The van der Waals surface area contributed by atoms with Crippen LogP contribution in [0.3, 0.4) is 0 Å². The van der Waals surface area contributed by atoms with Gasteiger partial charge in [-0.3, -0.25) is 4.57 Å². The number of rotatable bonds is 4. The van der Waals surface area contributed by atoms with Crippen LogP contribution in [0.5, 0.6) is 0 Å². The number of morpholine rings is 1. The second-order valence-electron chi connectivity index (χ2n) is 8.19. The summed E-state index contributed by atoms with van der Waals surface area (Å²) in [5, 5.41) is 5.04. The lowest BCUT2D eigenvalue weighted by Gasteiger charge is -2.30. The molecule has 4 rings (SSSR count). The average Bonchev–Trinajstić information content (AvgIpc) is 2.99. The Balaban J connectivity index is 1.75. The number of nitrogens with zero attached hydrogens (tertiary/aromatic N) is 3. The molecule has 0 radical (unpaired) electrons. The first-order chi connectivity index (χ1) is 13.1. The normalized spacial score (nSPS) is 24.2. The van der Waals surface area contributed by atoms with Crippen molar-refractivity contribution in [2.24, 2.45) is 5.92 Å². The van der Waals surface area contributed by atoms with Crippen molar-refractivity contribution in [3.8, 4) is 11.4 Å². The van der Waals surface area contributed by atoms with E-state index >= 15 is 0 Å². The predicted octanol–water partition coefficient (Wildman–Crippen LogP) is 3.01. The Kier molecular flexibility index (Phi) is 5.76. The zero-order valence-electron chi connectivity index (χ0n) is 16.5. The smallest absolute Gasteiger partial charge is 0.203 e. The predicted molar refractivity (Wildman–Crippen MR) is 109 cm³/mol. The highest BCUT2D eigenvalue weighted by molar-refractivity contribution is 7.71. The Labute approximate surface area is 166 Å². The molecule has 6 heteroatoms. The summed E-state index contributed by atoms with van der Waals surface area (Å²) < 4.78 is 10.8. The standard InChI is InChI=1S/C21H30N4OS/c1-16-6-5-8-18(14-16)20-22-24(15-23-10-12-26-13-11-23)21(27)25(20)19-9-4-3-7-17(19)2/h5-6,8,14,17,19H,3-4,7,9-13,15H2,1-2H3/p+1/t17-,19-/m0/s1. The van der Waals surface area contributed by atoms with Gasteiger partial charge >= 0.3 is 0 Å². The van der Waals surface area contributed by atoms with Crippen LogP contribution in [0.1, 0.15) is 44.2 Å². The number of quaternary nitrogens is 1. The largest absolute Gasteiger partial charge is 0.370 e. The quantitative estimate of drug-likeness (QED) is 0.820. The maximum absolute atomic E-state index is 5.97. The molecule has 1 saturated heterocycles. The monoisotopic (exact) mass is 387 g/mol. The first kappa shape index (κ1) is 18.8. The van der Waals surface area contributed by atoms with Crippen molar-refractivity contribution < 1.29 is 9.64 Å². The number of ether oxygens (including phenoxy) is 1. The molecule has 1 saturated carbocycles. The van der Waals surface area contributed by atoms with Crippen LogP contribution in [-0.2, 0) is 11.4 Å². The highest BCUT2D eigenvalue weighted by Gasteiger charge is 2.28. The Morgan fingerprint density at radius 2 is 2.00 bits per heavy atom. The minimum absolute atomic E-state index is 0.454. The fourth-order valence-corrected chi connectivity index (χ4v) is 4.84. The summed E-state index contributed by atoms with van der Waals surface area (Å²) in [7, 11) is 0. The molecule has 2 aromatic rings. The molecule has 0 spiro atoms. The molecule has 1 aromatic heterocycles. The van der Waals surface area contributed by atoms with Gasteiger partial charge in [-0.05, 0) is 44.0 Å². The lowest BCUT2D eigenvalue weighted by atomic mass is 9.85. The van der Waals surface area contributed by atoms with Crippen LogP contribution in [0, 0.1) is 17.6 Å². The summed E-state index contributed by atoms with van der Waals surface area (Å²) in [6.07, 6.45) is 5.09. The Bertz CT molecular complexity index is 837. The molecule has 0 bridgehead atoms. The van der Waals surface area contributed by atoms with Crippen LogP contribution < -0.4 is 4.90 Å². The highest BCUT2D eigenvalue weighted by Crippen LogP contribution is 2.36. The average molecular weight is 388 g/mol. The van der Waals surface area contributed by atoms with E-state index < -0.39 is 0 Å². The first-order valence-corrected chi connectivity index (χ1v) is 10.7. The molecule has 5 nitrogen and oxygen atoms in total. The molecule has 146 valence electrons. The molecule has 2 aliphatic rings. The summed E-state index contributed by atoms with van der Waals surface area (Å²) in [4.78, 5) is 1.49. The van der Waals surface area contributed by atoms with Crippen LogP contribution in [0.2, 0.25) is 0 Å². The lowest BCUT2D eigenvalue weighted by molar-refractivity contribution is -0.930. The van der Waals surface area contributed by atoms with Crippen molar-refractivity contribution in [1.82, 2.24) is 14.3 Å². The van der Waals surface area contributed by atoms with Gasteiger partial charge in [0.2, 0.25) is 4.77 Å². The Hall–Kier alpha value is -1.50. The molecular formula is C21H31N4OS+. The third kappa shape index (κ3) is 4.03. The minimum atomic E-state index is 0.454. The van der Waals surface area contributed by atoms with Gasteiger partial charge in [0.05, 0.1) is 13.2 Å². The first-order valence-electron chi connectivity index (χ1n) is 10.3. The molecule has 2 fully saturated rings. The van der Waals surface area contributed by atoms with Gasteiger partial charge in [0, 0.05) is 11.6 Å². The van der Waals surface area contributed by atoms with Crippen molar-refractivity contribution in [1.29, 1.82) is 0 Å². The Morgan fingerprint density at radius 3 is 2.74 bits per heavy atom. The zero-order valence-corrected chi connectivity index (χ0v) is 17.3. The number of hydrogen-bond donors (Lipinski definition) is 1. The van der Waals surface area contributed by atoms with Crippen molar-refractivity contribution in [3.05, 3.63) is 34.6 Å². The summed E-state index contributed by atoms with van der Waals surface area (Å²) in [6, 6.07) is 9.11. The van der Waals surface area contributed by atoms with E-state index in [4.69, 9.17) is 22.1 Å². The molecule has 1 aliphatic heterocycles. The van der Waals surface area contributed by atoms with E-state index in [9.17, 15) is 0 Å². The number of aryl methyl sites for hydroxylation is 1. The minimum Gasteiger partial charge on any atom is -0.370 e. The topological polar surface area (TPSA) is 36.4 Å². The summed E-state index contributed by atoms with van der Waals surface area (Å²) in [5.41, 5.74) is 2.43. The lowest BCUT2D eigenvalue weighted by Crippen LogP contribution is -3.13. The van der Waals surface area contributed by atoms with Gasteiger partial charge in [-0.15, -0.1) is 5.10 Å². The third-order valence-electron chi connectivity index (χ3n) is 6.12. The van der Waals surface area contributed by atoms with Crippen molar-refractivity contribution in [2.45, 2.75) is 52.2 Å². The molecule has 2 heterocycles. The molecule has 0 amide bonds. The maximum Gasteiger partial charge on any atom is 0.203 e. The summed E-state index contributed by atoms with van der Waals surface area (Å²) >= 11 is 5.97. The number of hydrogen-bond acceptors (Lipinski definition) is 3. The molecule has 2 atom stereocenters. The second kappa shape index (κ2) is 8.25. The molecule has 1 aromatic carbocycles. The van der Waals surface area contributed by atoms with E-state index in [1.165, 1.54) is 41.7 Å². The number of aromatic nitrogens is 3. The van der Waals surface area contributed by atoms with E-state index in [0.717, 1.165) is 43.6 Å². The van der Waals surface area contributed by atoms with Crippen LogP contribution in [0.4, 0.5) is 0 Å². The van der Waals surface area contributed by atoms with Gasteiger partial charge in [0.1, 0.15) is 13.1 Å². The fourth-order valence-electron chi connectivity index (χ4n) is 4.51. The van der Waals surface area contributed by atoms with Gasteiger partial charge in [-0.1, -0.05) is 43.5 Å². The van der Waals surface area contributed by atoms with Crippen molar-refractivity contribution >= 4 is 12.2 Å². The van der Waals surface area contributed by atoms with Crippen LogP contribution in [-0.4, -0.2) is 40.7 Å². The van der Waals surface area contributed by atoms with Crippen molar-refractivity contribution in [3.63, 3.8) is 0 Å². The summed E-state index contributed by atoms with van der Waals surface area (Å²) in [5.74, 6) is 1.68. The molecule has 1 N–H and O–H groups in total. The molecular weight excluding hydrogens is 356 g/mol. The fraction of sp³-hybridized carbons (Fsp3) is 0.619. The second-order valence-corrected chi connectivity index (χ2v) is 8.56. The van der Waals surface area contributed by atoms with Crippen LogP contribution >= 0.6 is 12.2 Å². The van der Waals surface area contributed by atoms with Gasteiger partial charge in [0.25, 0.3) is 0 Å². The van der Waals surface area contributed by atoms with Gasteiger partial charge in [0.15, 0.2) is 12.5 Å². The molecule has 1 aliphatic carbocycles. The third-order valence-corrected chi connectivity index (χ3v) is 6.53. The highest BCUT2D eigenvalue weighted by atomic mass is 32.1. The maximum atomic E-state index is 5.97. The van der Waals surface area contributed by atoms with E-state index in [2.05, 4.69) is 47.4 Å². The van der Waals surface area contributed by atoms with E-state index in [1.54, 1.807) is 0 Å². The Morgan fingerprint density at radius 1 is 1.22 bits per heavy atom. The van der Waals surface area contributed by atoms with E-state index in [-0.39, 0.29) is 0 Å². The van der Waals surface area contributed by atoms with Crippen LogP contribution in [0.25, 0.3) is 11.4 Å². The van der Waals surface area contributed by atoms with Crippen molar-refractivity contribution in [2.75, 3.05) is 26.3 Å². The zero-order chi connectivity index (χ0) is 18.8. The molecule has 27 heavy (non-hydrogen) atoms. The van der Waals surface area contributed by atoms with E-state index in [0.29, 0.717) is 12.0 Å². The van der Waals surface area contributed by atoms with E-state index in [1.807, 2.05) is 0 Å². The summed E-state index contributed by atoms with van der Waals surface area (Å²) in [6.45, 7) is 9.04. The SMILES string of the molecule is Cc1cccc(-c2nn(C[NH+]3CCOCC3)c(=S)n2[C@H]2CCCC[C@@H]2C)c1. The van der Waals surface area contributed by atoms with Gasteiger partial charge < -0.3 is 9.64 Å². The number of benzene rings is 1.